The van der Waals surface area contributed by atoms with Crippen LogP contribution in [0.25, 0.3) is 0 Å². The first-order valence-corrected chi connectivity index (χ1v) is 11.5. The Kier molecular flexibility index (Phi) is 11.6. The Labute approximate surface area is 179 Å². The number of hydrogen-bond acceptors (Lipinski definition) is 4. The second-order valence-electron chi connectivity index (χ2n) is 8.66. The standard InChI is InChI=1S/C23H39BrO4/c1-5-6-15-23(2,3)21(26)14-13-18-17(19(24)16-20(18)25)11-9-7-8-10-12-22(27)28-4/h7,9,13-14,17-21,25-26H,5-6,8,10-12,15-16H2,1-4H3/t17-,18-,19+,20-,21-/m1/s1. The molecule has 0 aromatic heterocycles. The average Bonchev–Trinajstić information content (AvgIpc) is 2.93. The van der Waals surface area contributed by atoms with Gasteiger partial charge in [-0.05, 0) is 43.4 Å². The highest BCUT2D eigenvalue weighted by Gasteiger charge is 2.39. The van der Waals surface area contributed by atoms with Gasteiger partial charge in [0.05, 0.1) is 19.3 Å². The number of allylic oxidation sites excluding steroid dienone is 2. The first kappa shape index (κ1) is 25.4. The first-order chi connectivity index (χ1) is 13.2. The maximum Gasteiger partial charge on any atom is 0.305 e. The summed E-state index contributed by atoms with van der Waals surface area (Å²) in [5.41, 5.74) is -0.154. The number of unbranched alkanes of at least 4 members (excludes halogenated alkanes) is 2. The predicted octanol–water partition coefficient (Wildman–Crippen LogP) is 5.17. The van der Waals surface area contributed by atoms with Gasteiger partial charge in [-0.3, -0.25) is 4.79 Å². The molecule has 162 valence electrons. The Balaban J connectivity index is 2.59. The number of alkyl halides is 1. The molecule has 0 radical (unpaired) electrons. The highest BCUT2D eigenvalue weighted by Crippen LogP contribution is 2.41. The number of aliphatic hydroxyl groups is 2. The number of esters is 1. The van der Waals surface area contributed by atoms with Crippen molar-refractivity contribution in [3.05, 3.63) is 24.3 Å². The van der Waals surface area contributed by atoms with Gasteiger partial charge in [-0.25, -0.2) is 0 Å². The van der Waals surface area contributed by atoms with Crippen LogP contribution in [0.1, 0.15) is 72.1 Å². The molecule has 1 aliphatic rings. The Bertz CT molecular complexity index is 515. The van der Waals surface area contributed by atoms with Crippen LogP contribution in [0.3, 0.4) is 0 Å². The maximum atomic E-state index is 11.1. The molecular formula is C23H39BrO4. The van der Waals surface area contributed by atoms with Gasteiger partial charge < -0.3 is 14.9 Å². The topological polar surface area (TPSA) is 66.8 Å². The molecule has 0 unspecified atom stereocenters. The Morgan fingerprint density at radius 1 is 1.32 bits per heavy atom. The quantitative estimate of drug-likeness (QED) is 0.183. The van der Waals surface area contributed by atoms with Crippen molar-refractivity contribution in [3.63, 3.8) is 0 Å². The van der Waals surface area contributed by atoms with Crippen molar-refractivity contribution in [1.82, 2.24) is 0 Å². The minimum atomic E-state index is -0.505. The Morgan fingerprint density at radius 2 is 2.04 bits per heavy atom. The fraction of sp³-hybridized carbons (Fsp3) is 0.783. The van der Waals surface area contributed by atoms with Crippen molar-refractivity contribution in [2.45, 2.75) is 89.2 Å². The summed E-state index contributed by atoms with van der Waals surface area (Å²) < 4.78 is 4.64. The van der Waals surface area contributed by atoms with E-state index in [0.717, 1.165) is 44.9 Å². The molecule has 4 nitrogen and oxygen atoms in total. The smallest absolute Gasteiger partial charge is 0.305 e. The average molecular weight is 459 g/mol. The van der Waals surface area contributed by atoms with Crippen molar-refractivity contribution in [3.8, 4) is 0 Å². The van der Waals surface area contributed by atoms with E-state index in [2.05, 4.69) is 53.6 Å². The summed E-state index contributed by atoms with van der Waals surface area (Å²) >= 11 is 3.73. The molecule has 0 aliphatic heterocycles. The lowest BCUT2D eigenvalue weighted by Crippen LogP contribution is -2.28. The fourth-order valence-corrected chi connectivity index (χ4v) is 4.73. The molecule has 1 saturated carbocycles. The summed E-state index contributed by atoms with van der Waals surface area (Å²) in [6.45, 7) is 6.37. The minimum Gasteiger partial charge on any atom is -0.469 e. The number of hydrogen-bond donors (Lipinski definition) is 2. The van der Waals surface area contributed by atoms with Crippen LogP contribution >= 0.6 is 15.9 Å². The zero-order chi connectivity index (χ0) is 21.2. The van der Waals surface area contributed by atoms with Crippen molar-refractivity contribution >= 4 is 21.9 Å². The lowest BCUT2D eigenvalue weighted by molar-refractivity contribution is -0.140. The number of rotatable bonds is 12. The summed E-state index contributed by atoms with van der Waals surface area (Å²) in [7, 11) is 1.41. The van der Waals surface area contributed by atoms with E-state index in [9.17, 15) is 15.0 Å². The summed E-state index contributed by atoms with van der Waals surface area (Å²) in [5, 5.41) is 21.1. The lowest BCUT2D eigenvalue weighted by atomic mass is 9.80. The van der Waals surface area contributed by atoms with Crippen LogP contribution in [0.2, 0.25) is 0 Å². The summed E-state index contributed by atoms with van der Waals surface area (Å²) in [6.07, 6.45) is 14.2. The zero-order valence-electron chi connectivity index (χ0n) is 17.9. The van der Waals surface area contributed by atoms with E-state index >= 15 is 0 Å². The molecule has 0 amide bonds. The molecule has 0 spiro atoms. The fourth-order valence-electron chi connectivity index (χ4n) is 3.78. The minimum absolute atomic E-state index is 0.0423. The number of aliphatic hydroxyl groups excluding tert-OH is 2. The van der Waals surface area contributed by atoms with E-state index in [1.165, 1.54) is 7.11 Å². The molecule has 5 atom stereocenters. The molecule has 1 fully saturated rings. The number of ether oxygens (including phenoxy) is 1. The molecule has 0 bridgehead atoms. The van der Waals surface area contributed by atoms with Gasteiger partial charge in [-0.15, -0.1) is 0 Å². The van der Waals surface area contributed by atoms with Crippen LogP contribution in [0, 0.1) is 17.3 Å². The monoisotopic (exact) mass is 458 g/mol. The summed E-state index contributed by atoms with van der Waals surface area (Å²) in [5.74, 6) is 0.174. The molecule has 0 saturated heterocycles. The number of carbonyl (C=O) groups is 1. The molecule has 28 heavy (non-hydrogen) atoms. The van der Waals surface area contributed by atoms with E-state index in [0.29, 0.717) is 12.3 Å². The molecule has 1 aliphatic carbocycles. The molecule has 5 heteroatoms. The molecule has 0 aromatic rings. The van der Waals surface area contributed by atoms with E-state index in [1.54, 1.807) is 0 Å². The van der Waals surface area contributed by atoms with E-state index in [-0.39, 0.29) is 28.2 Å². The van der Waals surface area contributed by atoms with Crippen molar-refractivity contribution < 1.29 is 19.7 Å². The third-order valence-corrected chi connectivity index (χ3v) is 6.97. The third kappa shape index (κ3) is 8.38. The Hall–Kier alpha value is -0.650. The molecule has 2 N–H and O–H groups in total. The predicted molar refractivity (Wildman–Crippen MR) is 118 cm³/mol. The highest BCUT2D eigenvalue weighted by atomic mass is 79.9. The van der Waals surface area contributed by atoms with Gasteiger partial charge in [0.1, 0.15) is 0 Å². The van der Waals surface area contributed by atoms with Gasteiger partial charge in [0.2, 0.25) is 0 Å². The summed E-state index contributed by atoms with van der Waals surface area (Å²) in [4.78, 5) is 11.4. The van der Waals surface area contributed by atoms with Gasteiger partial charge >= 0.3 is 5.97 Å². The van der Waals surface area contributed by atoms with Crippen LogP contribution in [-0.2, 0) is 9.53 Å². The van der Waals surface area contributed by atoms with Crippen molar-refractivity contribution in [2.24, 2.45) is 17.3 Å². The van der Waals surface area contributed by atoms with Crippen LogP contribution in [0.4, 0.5) is 0 Å². The van der Waals surface area contributed by atoms with E-state index in [1.807, 2.05) is 12.2 Å². The third-order valence-electron chi connectivity index (χ3n) is 5.92. The van der Waals surface area contributed by atoms with E-state index < -0.39 is 6.10 Å². The number of methoxy groups -OCH3 is 1. The van der Waals surface area contributed by atoms with Gasteiger partial charge in [-0.1, -0.05) is 73.8 Å². The number of halogens is 1. The van der Waals surface area contributed by atoms with Crippen LogP contribution < -0.4 is 0 Å². The van der Waals surface area contributed by atoms with E-state index in [4.69, 9.17) is 0 Å². The van der Waals surface area contributed by atoms with Crippen molar-refractivity contribution in [2.75, 3.05) is 7.11 Å². The normalized spacial score (nSPS) is 27.0. The molecule has 0 aromatic carbocycles. The molecule has 1 rings (SSSR count). The second-order valence-corrected chi connectivity index (χ2v) is 9.83. The Morgan fingerprint density at radius 3 is 2.68 bits per heavy atom. The van der Waals surface area contributed by atoms with Gasteiger partial charge in [0, 0.05) is 17.2 Å². The lowest BCUT2D eigenvalue weighted by Gasteiger charge is -2.29. The zero-order valence-corrected chi connectivity index (χ0v) is 19.5. The molecular weight excluding hydrogens is 420 g/mol. The van der Waals surface area contributed by atoms with Gasteiger partial charge in [-0.2, -0.15) is 0 Å². The van der Waals surface area contributed by atoms with Crippen molar-refractivity contribution in [1.29, 1.82) is 0 Å². The van der Waals surface area contributed by atoms with Crippen LogP contribution in [-0.4, -0.2) is 40.3 Å². The van der Waals surface area contributed by atoms with Crippen LogP contribution in [0.15, 0.2) is 24.3 Å². The SMILES string of the molecule is CCCCC(C)(C)[C@H](O)C=C[C@@H]1[C@@H](CC=CCCCC(=O)OC)[C@@H](Br)C[C@H]1O. The number of carbonyl (C=O) groups excluding carboxylic acids is 1. The molecule has 0 heterocycles. The van der Waals surface area contributed by atoms with Gasteiger partial charge in [0.25, 0.3) is 0 Å². The van der Waals surface area contributed by atoms with Crippen LogP contribution in [0.5, 0.6) is 0 Å². The van der Waals surface area contributed by atoms with Gasteiger partial charge in [0.15, 0.2) is 0 Å². The second kappa shape index (κ2) is 12.8. The maximum absolute atomic E-state index is 11.1. The largest absolute Gasteiger partial charge is 0.469 e. The highest BCUT2D eigenvalue weighted by molar-refractivity contribution is 9.09. The summed E-state index contributed by atoms with van der Waals surface area (Å²) in [6, 6.07) is 0. The first-order valence-electron chi connectivity index (χ1n) is 10.6.